The molecular weight excluding hydrogens is 242 g/mol. The van der Waals surface area contributed by atoms with Crippen LogP contribution in [0.5, 0.6) is 0 Å². The molecule has 2 atom stereocenters. The van der Waals surface area contributed by atoms with Gasteiger partial charge in [-0.05, 0) is 19.1 Å². The van der Waals surface area contributed by atoms with Crippen molar-refractivity contribution in [2.24, 2.45) is 10.4 Å². The number of nitriles is 1. The van der Waals surface area contributed by atoms with Crippen LogP contribution in [0.25, 0.3) is 0 Å². The molecule has 0 bridgehead atoms. The number of hydrogen-bond acceptors (Lipinski definition) is 6. The Morgan fingerprint density at radius 2 is 2.05 bits per heavy atom. The van der Waals surface area contributed by atoms with Gasteiger partial charge in [-0.3, -0.25) is 15.2 Å². The van der Waals surface area contributed by atoms with Crippen molar-refractivity contribution in [3.63, 3.8) is 0 Å². The number of aliphatic imine (C=N–C) groups is 1. The topological polar surface area (TPSA) is 84.5 Å². The van der Waals surface area contributed by atoms with Gasteiger partial charge in [0.05, 0.1) is 6.04 Å². The summed E-state index contributed by atoms with van der Waals surface area (Å²) in [6.07, 6.45) is 4.35. The second kappa shape index (κ2) is 4.86. The zero-order valence-electron chi connectivity index (χ0n) is 11.2. The molecule has 0 spiro atoms. The highest BCUT2D eigenvalue weighted by atomic mass is 16.3. The summed E-state index contributed by atoms with van der Waals surface area (Å²) in [5, 5.41) is 21.9. The Hall–Kier alpha value is -2.13. The smallest absolute Gasteiger partial charge is 0.214 e. The average Bonchev–Trinajstić information content (AvgIpc) is 2.38. The summed E-state index contributed by atoms with van der Waals surface area (Å²) in [7, 11) is 0. The number of aliphatic hydroxyl groups excluding tert-OH is 1. The Balaban J connectivity index is 2.49. The van der Waals surface area contributed by atoms with Gasteiger partial charge in [-0.25, -0.2) is 4.99 Å². The van der Waals surface area contributed by atoms with Crippen LogP contribution >= 0.6 is 0 Å². The summed E-state index contributed by atoms with van der Waals surface area (Å²) in [5.41, 5.74) is 0.313. The highest BCUT2D eigenvalue weighted by Crippen LogP contribution is 2.35. The highest BCUT2D eigenvalue weighted by molar-refractivity contribution is 5.98. The number of nitrogens with one attached hydrogen (secondary N) is 1. The van der Waals surface area contributed by atoms with E-state index in [9.17, 15) is 5.11 Å². The lowest BCUT2D eigenvalue weighted by Gasteiger charge is -2.45. The summed E-state index contributed by atoms with van der Waals surface area (Å²) in [4.78, 5) is 10.0. The number of pyridine rings is 1. The molecule has 0 radical (unpaired) electrons. The number of aromatic nitrogens is 1. The molecule has 2 unspecified atom stereocenters. The van der Waals surface area contributed by atoms with E-state index in [0.29, 0.717) is 5.96 Å². The number of guanidine groups is 1. The zero-order chi connectivity index (χ0) is 14.0. The first-order chi connectivity index (χ1) is 8.98. The van der Waals surface area contributed by atoms with Crippen LogP contribution in [0.4, 0.5) is 5.69 Å². The molecule has 100 valence electrons. The number of anilines is 1. The van der Waals surface area contributed by atoms with Crippen LogP contribution < -0.4 is 10.2 Å². The van der Waals surface area contributed by atoms with Gasteiger partial charge in [-0.15, -0.1) is 0 Å². The van der Waals surface area contributed by atoms with Gasteiger partial charge in [0.2, 0.25) is 5.96 Å². The molecule has 1 aliphatic rings. The number of rotatable bonds is 1. The lowest BCUT2D eigenvalue weighted by Crippen LogP contribution is -2.59. The van der Waals surface area contributed by atoms with Crippen molar-refractivity contribution in [1.82, 2.24) is 10.3 Å². The number of nitrogens with zero attached hydrogens (tertiary/aromatic N) is 4. The van der Waals surface area contributed by atoms with Crippen LogP contribution in [0.2, 0.25) is 0 Å². The Kier molecular flexibility index (Phi) is 3.40. The fourth-order valence-electron chi connectivity index (χ4n) is 1.99. The van der Waals surface area contributed by atoms with E-state index in [4.69, 9.17) is 5.26 Å². The van der Waals surface area contributed by atoms with Gasteiger partial charge in [-0.2, -0.15) is 5.26 Å². The highest BCUT2D eigenvalue weighted by Gasteiger charge is 2.43. The molecule has 6 heteroatoms. The predicted molar refractivity (Wildman–Crippen MR) is 72.1 cm³/mol. The molecule has 2 heterocycles. The molecule has 0 aliphatic carbocycles. The van der Waals surface area contributed by atoms with Gasteiger partial charge in [0.1, 0.15) is 6.23 Å². The van der Waals surface area contributed by atoms with Crippen LogP contribution in [-0.4, -0.2) is 28.3 Å². The predicted octanol–water partition coefficient (Wildman–Crippen LogP) is 1.06. The van der Waals surface area contributed by atoms with Crippen molar-refractivity contribution in [1.29, 1.82) is 5.26 Å². The molecule has 19 heavy (non-hydrogen) atoms. The van der Waals surface area contributed by atoms with Gasteiger partial charge in [-0.1, -0.05) is 13.8 Å². The van der Waals surface area contributed by atoms with Crippen LogP contribution in [-0.2, 0) is 0 Å². The lowest BCUT2D eigenvalue weighted by molar-refractivity contribution is 0.0361. The van der Waals surface area contributed by atoms with E-state index in [1.54, 1.807) is 29.4 Å². The van der Waals surface area contributed by atoms with Gasteiger partial charge < -0.3 is 5.11 Å². The van der Waals surface area contributed by atoms with Crippen molar-refractivity contribution >= 4 is 11.6 Å². The monoisotopic (exact) mass is 259 g/mol. The number of aliphatic hydroxyl groups is 1. The fraction of sp³-hybridized carbons (Fsp3) is 0.462. The second-order valence-corrected chi connectivity index (χ2v) is 5.14. The van der Waals surface area contributed by atoms with Crippen LogP contribution in [0.1, 0.15) is 20.8 Å². The SMILES string of the molecule is CC1N=C(NC#N)N(c2ccncc2)C(O)C1(C)C. The van der Waals surface area contributed by atoms with Gasteiger partial charge in [0.25, 0.3) is 0 Å². The summed E-state index contributed by atoms with van der Waals surface area (Å²) < 4.78 is 0. The van der Waals surface area contributed by atoms with Crippen molar-refractivity contribution < 1.29 is 5.11 Å². The Bertz CT molecular complexity index is 520. The standard InChI is InChI=1S/C13H17N5O/c1-9-13(2,3)11(19)18(12(17-9)16-8-14)10-4-6-15-7-5-10/h4-7,9,11,19H,1-3H3,(H,16,17). The maximum Gasteiger partial charge on any atom is 0.214 e. The van der Waals surface area contributed by atoms with E-state index >= 15 is 0 Å². The summed E-state index contributed by atoms with van der Waals surface area (Å²) in [6, 6.07) is 3.43. The zero-order valence-corrected chi connectivity index (χ0v) is 11.2. The molecule has 2 rings (SSSR count). The summed E-state index contributed by atoms with van der Waals surface area (Å²) in [6.45, 7) is 5.82. The van der Waals surface area contributed by atoms with Gasteiger partial charge >= 0.3 is 0 Å². The van der Waals surface area contributed by atoms with Crippen molar-refractivity contribution in [3.8, 4) is 6.19 Å². The van der Waals surface area contributed by atoms with Gasteiger partial charge in [0, 0.05) is 23.5 Å². The molecular formula is C13H17N5O. The molecule has 0 saturated heterocycles. The third-order valence-corrected chi connectivity index (χ3v) is 3.64. The molecule has 0 aromatic carbocycles. The normalized spacial score (nSPS) is 25.4. The fourth-order valence-corrected chi connectivity index (χ4v) is 1.99. The Morgan fingerprint density at radius 3 is 2.63 bits per heavy atom. The van der Waals surface area contributed by atoms with E-state index in [2.05, 4.69) is 15.3 Å². The molecule has 0 saturated carbocycles. The van der Waals surface area contributed by atoms with Crippen LogP contribution in [0.15, 0.2) is 29.5 Å². The molecule has 0 fully saturated rings. The second-order valence-electron chi connectivity index (χ2n) is 5.14. The first-order valence-corrected chi connectivity index (χ1v) is 6.08. The third-order valence-electron chi connectivity index (χ3n) is 3.64. The maximum atomic E-state index is 10.6. The van der Waals surface area contributed by atoms with Gasteiger partial charge in [0.15, 0.2) is 6.19 Å². The molecule has 1 aromatic rings. The minimum absolute atomic E-state index is 0.101. The average molecular weight is 259 g/mol. The van der Waals surface area contributed by atoms with Crippen molar-refractivity contribution in [2.45, 2.75) is 33.0 Å². The van der Waals surface area contributed by atoms with Crippen molar-refractivity contribution in [2.75, 3.05) is 4.90 Å². The summed E-state index contributed by atoms with van der Waals surface area (Å²) in [5.74, 6) is 0.355. The van der Waals surface area contributed by atoms with Crippen molar-refractivity contribution in [3.05, 3.63) is 24.5 Å². The first kappa shape index (κ1) is 13.3. The maximum absolute atomic E-state index is 10.6. The Morgan fingerprint density at radius 1 is 1.42 bits per heavy atom. The first-order valence-electron chi connectivity index (χ1n) is 6.08. The summed E-state index contributed by atoms with van der Waals surface area (Å²) >= 11 is 0. The van der Waals surface area contributed by atoms with E-state index in [1.165, 1.54) is 0 Å². The minimum Gasteiger partial charge on any atom is -0.372 e. The Labute approximate surface area is 112 Å². The third kappa shape index (κ3) is 2.25. The van der Waals surface area contributed by atoms with E-state index in [-0.39, 0.29) is 6.04 Å². The van der Waals surface area contributed by atoms with E-state index in [1.807, 2.05) is 27.0 Å². The quantitative estimate of drug-likeness (QED) is 0.582. The molecule has 0 amide bonds. The van der Waals surface area contributed by atoms with E-state index in [0.717, 1.165) is 5.69 Å². The lowest BCUT2D eigenvalue weighted by atomic mass is 9.81. The molecule has 1 aromatic heterocycles. The van der Waals surface area contributed by atoms with Crippen LogP contribution in [0.3, 0.4) is 0 Å². The largest absolute Gasteiger partial charge is 0.372 e. The minimum atomic E-state index is -0.779. The number of hydrogen-bond donors (Lipinski definition) is 2. The van der Waals surface area contributed by atoms with Crippen LogP contribution in [0, 0.1) is 16.9 Å². The molecule has 6 nitrogen and oxygen atoms in total. The molecule has 2 N–H and O–H groups in total. The van der Waals surface area contributed by atoms with E-state index < -0.39 is 11.6 Å². The molecule has 1 aliphatic heterocycles.